The standard InChI is InChI=1S/C11H17NO/c1-11(2,8-13)10-5-3-9(7-12)4-6-10/h3-6,13H,7-8,12H2,1-2H3. The maximum Gasteiger partial charge on any atom is 0.0522 e. The molecule has 0 radical (unpaired) electrons. The summed E-state index contributed by atoms with van der Waals surface area (Å²) in [6.07, 6.45) is 0. The molecule has 0 amide bonds. The van der Waals surface area contributed by atoms with Crippen molar-refractivity contribution in [2.45, 2.75) is 25.8 Å². The largest absolute Gasteiger partial charge is 0.395 e. The van der Waals surface area contributed by atoms with Crippen LogP contribution in [0.4, 0.5) is 0 Å². The van der Waals surface area contributed by atoms with Crippen LogP contribution in [0, 0.1) is 0 Å². The van der Waals surface area contributed by atoms with Gasteiger partial charge in [-0.1, -0.05) is 38.1 Å². The lowest BCUT2D eigenvalue weighted by molar-refractivity contribution is 0.218. The quantitative estimate of drug-likeness (QED) is 0.737. The molecule has 0 unspecified atom stereocenters. The Labute approximate surface area is 79.4 Å². The SMILES string of the molecule is CC(C)(CO)c1ccc(CN)cc1. The van der Waals surface area contributed by atoms with Crippen LogP contribution in [-0.2, 0) is 12.0 Å². The van der Waals surface area contributed by atoms with Crippen molar-refractivity contribution >= 4 is 0 Å². The van der Waals surface area contributed by atoms with Crippen molar-refractivity contribution < 1.29 is 5.11 Å². The lowest BCUT2D eigenvalue weighted by Gasteiger charge is -2.22. The normalized spacial score (nSPS) is 11.7. The van der Waals surface area contributed by atoms with E-state index in [1.807, 2.05) is 38.1 Å². The van der Waals surface area contributed by atoms with Crippen molar-refractivity contribution in [2.24, 2.45) is 5.73 Å². The first kappa shape index (κ1) is 10.2. The summed E-state index contributed by atoms with van der Waals surface area (Å²) >= 11 is 0. The van der Waals surface area contributed by atoms with Gasteiger partial charge in [0.25, 0.3) is 0 Å². The van der Waals surface area contributed by atoms with E-state index in [1.165, 1.54) is 0 Å². The predicted molar refractivity (Wildman–Crippen MR) is 54.4 cm³/mol. The summed E-state index contributed by atoms with van der Waals surface area (Å²) in [5.74, 6) is 0. The van der Waals surface area contributed by atoms with Crippen molar-refractivity contribution in [1.29, 1.82) is 0 Å². The molecule has 0 saturated heterocycles. The molecule has 0 fully saturated rings. The minimum atomic E-state index is -0.160. The van der Waals surface area contributed by atoms with E-state index in [0.29, 0.717) is 6.54 Å². The number of aliphatic hydroxyl groups excluding tert-OH is 1. The molecule has 2 heteroatoms. The van der Waals surface area contributed by atoms with E-state index in [0.717, 1.165) is 11.1 Å². The van der Waals surface area contributed by atoms with E-state index >= 15 is 0 Å². The van der Waals surface area contributed by atoms with Crippen LogP contribution in [0.25, 0.3) is 0 Å². The second kappa shape index (κ2) is 3.90. The van der Waals surface area contributed by atoms with E-state index in [2.05, 4.69) is 0 Å². The van der Waals surface area contributed by atoms with Crippen LogP contribution in [0.15, 0.2) is 24.3 Å². The van der Waals surface area contributed by atoms with Crippen LogP contribution in [0.1, 0.15) is 25.0 Å². The van der Waals surface area contributed by atoms with Gasteiger partial charge in [0.2, 0.25) is 0 Å². The highest BCUT2D eigenvalue weighted by molar-refractivity contribution is 5.28. The van der Waals surface area contributed by atoms with E-state index in [-0.39, 0.29) is 12.0 Å². The Bertz CT molecular complexity index is 264. The smallest absolute Gasteiger partial charge is 0.0522 e. The predicted octanol–water partition coefficient (Wildman–Crippen LogP) is 1.42. The van der Waals surface area contributed by atoms with Gasteiger partial charge < -0.3 is 10.8 Å². The van der Waals surface area contributed by atoms with Gasteiger partial charge in [0.05, 0.1) is 6.61 Å². The number of aliphatic hydroxyl groups is 1. The maximum absolute atomic E-state index is 9.15. The van der Waals surface area contributed by atoms with Gasteiger partial charge in [-0.3, -0.25) is 0 Å². The second-order valence-corrected chi connectivity index (χ2v) is 3.94. The van der Waals surface area contributed by atoms with Crippen LogP contribution in [0.5, 0.6) is 0 Å². The van der Waals surface area contributed by atoms with Gasteiger partial charge in [0, 0.05) is 12.0 Å². The Morgan fingerprint density at radius 2 is 1.77 bits per heavy atom. The third-order valence-corrected chi connectivity index (χ3v) is 2.37. The minimum Gasteiger partial charge on any atom is -0.395 e. The molecule has 0 aliphatic rings. The summed E-state index contributed by atoms with van der Waals surface area (Å²) in [5.41, 5.74) is 7.60. The van der Waals surface area contributed by atoms with Gasteiger partial charge in [-0.2, -0.15) is 0 Å². The molecule has 2 nitrogen and oxygen atoms in total. The van der Waals surface area contributed by atoms with Gasteiger partial charge in [-0.05, 0) is 11.1 Å². The average Bonchev–Trinajstić information content (AvgIpc) is 2.18. The van der Waals surface area contributed by atoms with E-state index in [1.54, 1.807) is 0 Å². The second-order valence-electron chi connectivity index (χ2n) is 3.94. The van der Waals surface area contributed by atoms with Crippen molar-refractivity contribution in [2.75, 3.05) is 6.61 Å². The highest BCUT2D eigenvalue weighted by Crippen LogP contribution is 2.22. The van der Waals surface area contributed by atoms with E-state index in [9.17, 15) is 0 Å². The molecule has 0 bridgehead atoms. The molecule has 13 heavy (non-hydrogen) atoms. The van der Waals surface area contributed by atoms with Crippen molar-refractivity contribution in [3.8, 4) is 0 Å². The summed E-state index contributed by atoms with van der Waals surface area (Å²) in [5, 5.41) is 9.15. The summed E-state index contributed by atoms with van der Waals surface area (Å²) in [7, 11) is 0. The lowest BCUT2D eigenvalue weighted by atomic mass is 9.85. The highest BCUT2D eigenvalue weighted by atomic mass is 16.3. The molecule has 1 aromatic carbocycles. The fourth-order valence-electron chi connectivity index (χ4n) is 1.18. The summed E-state index contributed by atoms with van der Waals surface area (Å²) in [6, 6.07) is 8.07. The number of benzene rings is 1. The number of nitrogens with two attached hydrogens (primary N) is 1. The first-order valence-corrected chi connectivity index (χ1v) is 4.50. The van der Waals surface area contributed by atoms with Gasteiger partial charge in [0.1, 0.15) is 0 Å². The minimum absolute atomic E-state index is 0.160. The molecule has 0 atom stereocenters. The lowest BCUT2D eigenvalue weighted by Crippen LogP contribution is -2.21. The van der Waals surface area contributed by atoms with Crippen LogP contribution >= 0.6 is 0 Å². The first-order valence-electron chi connectivity index (χ1n) is 4.50. The fraction of sp³-hybridized carbons (Fsp3) is 0.455. The molecule has 0 aliphatic heterocycles. The molecular weight excluding hydrogens is 162 g/mol. The average molecular weight is 179 g/mol. The highest BCUT2D eigenvalue weighted by Gasteiger charge is 2.18. The third kappa shape index (κ3) is 2.29. The number of hydrogen-bond acceptors (Lipinski definition) is 2. The molecule has 1 aromatic rings. The van der Waals surface area contributed by atoms with Gasteiger partial charge in [-0.15, -0.1) is 0 Å². The van der Waals surface area contributed by atoms with Gasteiger partial charge >= 0.3 is 0 Å². The first-order chi connectivity index (χ1) is 6.10. The maximum atomic E-state index is 9.15. The zero-order valence-corrected chi connectivity index (χ0v) is 8.25. The molecule has 72 valence electrons. The van der Waals surface area contributed by atoms with Crippen LogP contribution in [0.2, 0.25) is 0 Å². The van der Waals surface area contributed by atoms with E-state index in [4.69, 9.17) is 10.8 Å². The van der Waals surface area contributed by atoms with E-state index < -0.39 is 0 Å². The monoisotopic (exact) mass is 179 g/mol. The Morgan fingerprint density at radius 3 is 2.15 bits per heavy atom. The topological polar surface area (TPSA) is 46.2 Å². The van der Waals surface area contributed by atoms with Crippen molar-refractivity contribution in [3.63, 3.8) is 0 Å². The Hall–Kier alpha value is -0.860. The Morgan fingerprint density at radius 1 is 1.23 bits per heavy atom. The molecule has 0 heterocycles. The summed E-state index contributed by atoms with van der Waals surface area (Å²) in [4.78, 5) is 0. The molecule has 0 aromatic heterocycles. The van der Waals surface area contributed by atoms with Crippen LogP contribution in [-0.4, -0.2) is 11.7 Å². The van der Waals surface area contributed by atoms with Crippen molar-refractivity contribution in [1.82, 2.24) is 0 Å². The zero-order chi connectivity index (χ0) is 9.90. The molecule has 1 rings (SSSR count). The fourth-order valence-corrected chi connectivity index (χ4v) is 1.18. The van der Waals surface area contributed by atoms with Crippen LogP contribution < -0.4 is 5.73 Å². The van der Waals surface area contributed by atoms with Gasteiger partial charge in [0.15, 0.2) is 0 Å². The molecule has 0 spiro atoms. The van der Waals surface area contributed by atoms with Crippen molar-refractivity contribution in [3.05, 3.63) is 35.4 Å². The zero-order valence-electron chi connectivity index (χ0n) is 8.25. The Balaban J connectivity index is 2.92. The molecule has 3 N–H and O–H groups in total. The molecular formula is C11H17NO. The van der Waals surface area contributed by atoms with Crippen LogP contribution in [0.3, 0.4) is 0 Å². The number of rotatable bonds is 3. The summed E-state index contributed by atoms with van der Waals surface area (Å²) in [6.45, 7) is 4.77. The Kier molecular flexibility index (Phi) is 3.07. The molecule has 0 saturated carbocycles. The molecule has 0 aliphatic carbocycles. The third-order valence-electron chi connectivity index (χ3n) is 2.37. The van der Waals surface area contributed by atoms with Gasteiger partial charge in [-0.25, -0.2) is 0 Å². The summed E-state index contributed by atoms with van der Waals surface area (Å²) < 4.78 is 0. The number of hydrogen-bond donors (Lipinski definition) is 2.